The monoisotopic (exact) mass is 271 g/mol. The first kappa shape index (κ1) is 12.5. The Morgan fingerprint density at radius 2 is 2.05 bits per heavy atom. The molecule has 0 aliphatic rings. The molecule has 102 valence electrons. The van der Waals surface area contributed by atoms with Gasteiger partial charge >= 0.3 is 0 Å². The second-order valence-corrected chi connectivity index (χ2v) is 4.46. The molecule has 4 heteroatoms. The molecule has 0 atom stereocenters. The molecule has 0 amide bonds. The lowest BCUT2D eigenvalue weighted by Gasteiger charge is -2.07. The number of para-hydroxylation sites is 1. The summed E-state index contributed by atoms with van der Waals surface area (Å²) in [5.74, 6) is -0.140. The van der Waals surface area contributed by atoms with Crippen LogP contribution in [0.3, 0.4) is 0 Å². The number of ether oxygens (including phenoxy) is 1. The Hall–Kier alpha value is -2.49. The minimum Gasteiger partial charge on any atom is -0.494 e. The zero-order valence-corrected chi connectivity index (χ0v) is 11.0. The van der Waals surface area contributed by atoms with Gasteiger partial charge in [-0.3, -0.25) is 0 Å². The van der Waals surface area contributed by atoms with Gasteiger partial charge in [-0.2, -0.15) is 0 Å². The number of halogens is 1. The second kappa shape index (κ2) is 5.25. The minimum absolute atomic E-state index is 0.240. The molecule has 0 aliphatic carbocycles. The van der Waals surface area contributed by atoms with Gasteiger partial charge in [-0.05, 0) is 18.2 Å². The molecule has 1 heterocycles. The number of anilines is 1. The Balaban J connectivity index is 1.78. The number of nitrogens with one attached hydrogen (secondary N) is 1. The summed E-state index contributed by atoms with van der Waals surface area (Å²) in [6, 6.07) is 12.6. The van der Waals surface area contributed by atoms with Crippen LogP contribution in [0.25, 0.3) is 11.0 Å². The largest absolute Gasteiger partial charge is 0.494 e. The number of benzene rings is 2. The van der Waals surface area contributed by atoms with E-state index in [1.54, 1.807) is 18.4 Å². The standard InChI is InChI=1S/C16H14FNO2/c1-19-16-7-6-12(8-14(16)17)18-9-11-10-20-15-5-3-2-4-13(11)15/h2-8,10,18H,9H2,1H3. The van der Waals surface area contributed by atoms with Crippen molar-refractivity contribution in [1.82, 2.24) is 0 Å². The van der Waals surface area contributed by atoms with Crippen molar-refractivity contribution >= 4 is 16.7 Å². The van der Waals surface area contributed by atoms with Crippen molar-refractivity contribution in [2.24, 2.45) is 0 Å². The molecule has 1 aromatic heterocycles. The number of methoxy groups -OCH3 is 1. The van der Waals surface area contributed by atoms with Crippen LogP contribution in [0, 0.1) is 5.82 Å². The summed E-state index contributed by atoms with van der Waals surface area (Å²) in [6.07, 6.45) is 1.72. The maximum atomic E-state index is 13.6. The normalized spacial score (nSPS) is 10.7. The van der Waals surface area contributed by atoms with Gasteiger partial charge in [0.25, 0.3) is 0 Å². The highest BCUT2D eigenvalue weighted by Crippen LogP contribution is 2.24. The minimum atomic E-state index is -0.380. The fourth-order valence-corrected chi connectivity index (χ4v) is 2.14. The number of rotatable bonds is 4. The van der Waals surface area contributed by atoms with Crippen molar-refractivity contribution in [3.63, 3.8) is 0 Å². The van der Waals surface area contributed by atoms with Gasteiger partial charge in [-0.25, -0.2) is 4.39 Å². The highest BCUT2D eigenvalue weighted by molar-refractivity contribution is 5.81. The van der Waals surface area contributed by atoms with Gasteiger partial charge in [-0.1, -0.05) is 18.2 Å². The molecule has 0 bridgehead atoms. The highest BCUT2D eigenvalue weighted by Gasteiger charge is 2.06. The second-order valence-electron chi connectivity index (χ2n) is 4.46. The molecule has 0 radical (unpaired) electrons. The summed E-state index contributed by atoms with van der Waals surface area (Å²) in [5.41, 5.74) is 2.59. The van der Waals surface area contributed by atoms with E-state index in [0.717, 1.165) is 16.5 Å². The third-order valence-electron chi connectivity index (χ3n) is 3.20. The Labute approximate surface area is 116 Å². The van der Waals surface area contributed by atoms with E-state index in [4.69, 9.17) is 9.15 Å². The van der Waals surface area contributed by atoms with Crippen LogP contribution in [0.4, 0.5) is 10.1 Å². The van der Waals surface area contributed by atoms with E-state index >= 15 is 0 Å². The first-order valence-electron chi connectivity index (χ1n) is 6.30. The van der Waals surface area contributed by atoms with Crippen molar-refractivity contribution in [2.75, 3.05) is 12.4 Å². The SMILES string of the molecule is COc1ccc(NCc2coc3ccccc23)cc1F. The van der Waals surface area contributed by atoms with E-state index < -0.39 is 0 Å². The van der Waals surface area contributed by atoms with Crippen LogP contribution in [0.1, 0.15) is 5.56 Å². The molecule has 2 aromatic carbocycles. The Bertz CT molecular complexity index is 736. The lowest BCUT2D eigenvalue weighted by molar-refractivity contribution is 0.386. The quantitative estimate of drug-likeness (QED) is 0.772. The van der Waals surface area contributed by atoms with Crippen molar-refractivity contribution in [2.45, 2.75) is 6.54 Å². The number of fused-ring (bicyclic) bond motifs is 1. The molecule has 0 unspecified atom stereocenters. The zero-order chi connectivity index (χ0) is 13.9. The van der Waals surface area contributed by atoms with Crippen molar-refractivity contribution in [3.05, 3.63) is 60.1 Å². The predicted molar refractivity (Wildman–Crippen MR) is 76.5 cm³/mol. The molecule has 0 saturated carbocycles. The van der Waals surface area contributed by atoms with Crippen molar-refractivity contribution in [3.8, 4) is 5.75 Å². The topological polar surface area (TPSA) is 34.4 Å². The maximum absolute atomic E-state index is 13.6. The third-order valence-corrected chi connectivity index (χ3v) is 3.20. The molecule has 3 aromatic rings. The summed E-state index contributed by atoms with van der Waals surface area (Å²) >= 11 is 0. The molecule has 0 spiro atoms. The fraction of sp³-hybridized carbons (Fsp3) is 0.125. The summed E-state index contributed by atoms with van der Waals surface area (Å²) in [4.78, 5) is 0. The van der Waals surface area contributed by atoms with Crippen LogP contribution in [0.15, 0.2) is 53.1 Å². The van der Waals surface area contributed by atoms with Gasteiger partial charge in [0, 0.05) is 29.2 Å². The van der Waals surface area contributed by atoms with Crippen LogP contribution in [-0.2, 0) is 6.54 Å². The van der Waals surface area contributed by atoms with Gasteiger partial charge in [-0.15, -0.1) is 0 Å². The molecule has 0 saturated heterocycles. The van der Waals surface area contributed by atoms with Crippen LogP contribution < -0.4 is 10.1 Å². The van der Waals surface area contributed by atoms with Crippen LogP contribution in [0.2, 0.25) is 0 Å². The van der Waals surface area contributed by atoms with Gasteiger partial charge in [0.2, 0.25) is 0 Å². The first-order chi connectivity index (χ1) is 9.78. The molecule has 0 aliphatic heterocycles. The van der Waals surface area contributed by atoms with Crippen LogP contribution in [-0.4, -0.2) is 7.11 Å². The highest BCUT2D eigenvalue weighted by atomic mass is 19.1. The molecule has 20 heavy (non-hydrogen) atoms. The van der Waals surface area contributed by atoms with E-state index in [1.165, 1.54) is 13.2 Å². The Kier molecular flexibility index (Phi) is 3.29. The van der Waals surface area contributed by atoms with Crippen LogP contribution in [0.5, 0.6) is 5.75 Å². The van der Waals surface area contributed by atoms with E-state index in [-0.39, 0.29) is 11.6 Å². The average molecular weight is 271 g/mol. The van der Waals surface area contributed by atoms with Gasteiger partial charge in [0.1, 0.15) is 5.58 Å². The Morgan fingerprint density at radius 3 is 2.85 bits per heavy atom. The van der Waals surface area contributed by atoms with Gasteiger partial charge < -0.3 is 14.5 Å². The molecule has 0 fully saturated rings. The molecule has 3 nitrogen and oxygen atoms in total. The van der Waals surface area contributed by atoms with Crippen LogP contribution >= 0.6 is 0 Å². The van der Waals surface area contributed by atoms with E-state index in [9.17, 15) is 4.39 Å². The molecular formula is C16H14FNO2. The maximum Gasteiger partial charge on any atom is 0.167 e. The van der Waals surface area contributed by atoms with E-state index in [0.29, 0.717) is 12.2 Å². The number of furan rings is 1. The van der Waals surface area contributed by atoms with E-state index in [1.807, 2.05) is 24.3 Å². The molecular weight excluding hydrogens is 257 g/mol. The summed E-state index contributed by atoms with van der Waals surface area (Å²) in [7, 11) is 1.45. The fourth-order valence-electron chi connectivity index (χ4n) is 2.14. The van der Waals surface area contributed by atoms with Gasteiger partial charge in [0.15, 0.2) is 11.6 Å². The number of hydrogen-bond donors (Lipinski definition) is 1. The third kappa shape index (κ3) is 2.32. The lowest BCUT2D eigenvalue weighted by atomic mass is 10.2. The van der Waals surface area contributed by atoms with Crippen molar-refractivity contribution in [1.29, 1.82) is 0 Å². The Morgan fingerprint density at radius 1 is 1.20 bits per heavy atom. The summed E-state index contributed by atoms with van der Waals surface area (Å²) < 4.78 is 23.9. The predicted octanol–water partition coefficient (Wildman–Crippen LogP) is 4.19. The number of hydrogen-bond acceptors (Lipinski definition) is 3. The molecule has 1 N–H and O–H groups in total. The first-order valence-corrected chi connectivity index (χ1v) is 6.30. The smallest absolute Gasteiger partial charge is 0.167 e. The van der Waals surface area contributed by atoms with Crippen molar-refractivity contribution < 1.29 is 13.5 Å². The molecule has 3 rings (SSSR count). The lowest BCUT2D eigenvalue weighted by Crippen LogP contribution is -1.99. The van der Waals surface area contributed by atoms with E-state index in [2.05, 4.69) is 5.32 Å². The summed E-state index contributed by atoms with van der Waals surface area (Å²) in [6.45, 7) is 0.572. The van der Waals surface area contributed by atoms with Gasteiger partial charge in [0.05, 0.1) is 13.4 Å². The average Bonchev–Trinajstić information content (AvgIpc) is 2.88. The summed E-state index contributed by atoms with van der Waals surface area (Å²) in [5, 5.41) is 4.24. The zero-order valence-electron chi connectivity index (χ0n) is 11.0.